The summed E-state index contributed by atoms with van der Waals surface area (Å²) in [5.41, 5.74) is 15.5. The standard InChI is InChI=1S/C50H44N2Si/c1-49(2,3)33-24-27-38-39-28-25-34(50(4,5)6)31-47(39)53(46(38)30-33)45-23-15-10-18-37(45)40-29-26-36(32-48(40)53)52-43-21-13-11-19-41(43)51(35-16-8-7-9-17-35)42-20-12-14-22-44(42)52/h7-32H,1-6H3. The van der Waals surface area contributed by atoms with E-state index in [2.05, 4.69) is 209 Å². The lowest BCUT2D eigenvalue weighted by Gasteiger charge is -2.40. The molecule has 3 heterocycles. The van der Waals surface area contributed by atoms with Crippen molar-refractivity contribution >= 4 is 62.9 Å². The van der Waals surface area contributed by atoms with E-state index in [1.807, 2.05) is 0 Å². The van der Waals surface area contributed by atoms with Crippen LogP contribution in [-0.2, 0) is 10.8 Å². The average Bonchev–Trinajstić information content (AvgIpc) is 3.62. The topological polar surface area (TPSA) is 6.48 Å². The van der Waals surface area contributed by atoms with E-state index in [1.165, 1.54) is 82.6 Å². The van der Waals surface area contributed by atoms with Gasteiger partial charge in [0.05, 0.1) is 22.7 Å². The highest BCUT2D eigenvalue weighted by molar-refractivity contribution is 7.24. The zero-order valence-electron chi connectivity index (χ0n) is 31.4. The molecule has 0 aliphatic carbocycles. The molecule has 53 heavy (non-hydrogen) atoms. The molecular weight excluding hydrogens is 657 g/mol. The molecule has 7 aromatic carbocycles. The first-order valence-corrected chi connectivity index (χ1v) is 20.9. The van der Waals surface area contributed by atoms with Gasteiger partial charge in [-0.25, -0.2) is 0 Å². The highest BCUT2D eigenvalue weighted by Crippen LogP contribution is 2.54. The molecular formula is C50H44N2Si. The molecule has 1 spiro atoms. The molecule has 258 valence electrons. The SMILES string of the molecule is CC(C)(C)c1ccc2c(c1)[Si]1(c3ccccc3-c3ccc(N4c5ccccc5N(c5ccccc5)c5ccccc54)cc31)c1cc(C(C)(C)C)ccc1-2. The molecule has 3 aliphatic heterocycles. The normalized spacial score (nSPS) is 14.7. The molecule has 10 rings (SSSR count). The summed E-state index contributed by atoms with van der Waals surface area (Å²) in [5, 5.41) is 6.07. The zero-order valence-corrected chi connectivity index (χ0v) is 32.4. The quantitative estimate of drug-likeness (QED) is 0.166. The smallest absolute Gasteiger partial charge is 0.182 e. The van der Waals surface area contributed by atoms with E-state index in [4.69, 9.17) is 0 Å². The molecule has 0 radical (unpaired) electrons. The van der Waals surface area contributed by atoms with Crippen molar-refractivity contribution in [2.45, 2.75) is 52.4 Å². The monoisotopic (exact) mass is 700 g/mol. The Morgan fingerprint density at radius 2 is 0.736 bits per heavy atom. The molecule has 0 N–H and O–H groups in total. The molecule has 0 amide bonds. The third kappa shape index (κ3) is 4.50. The van der Waals surface area contributed by atoms with Crippen LogP contribution in [0.2, 0.25) is 0 Å². The summed E-state index contributed by atoms with van der Waals surface area (Å²) in [6, 6.07) is 60.0. The van der Waals surface area contributed by atoms with Crippen molar-refractivity contribution in [2.24, 2.45) is 0 Å². The molecule has 0 bridgehead atoms. The van der Waals surface area contributed by atoms with Gasteiger partial charge in [-0.2, -0.15) is 0 Å². The Bertz CT molecular complexity index is 2490. The van der Waals surface area contributed by atoms with Crippen molar-refractivity contribution in [1.29, 1.82) is 0 Å². The first-order chi connectivity index (χ1) is 25.6. The molecule has 0 unspecified atom stereocenters. The lowest BCUT2D eigenvalue weighted by Crippen LogP contribution is -2.71. The molecule has 0 saturated heterocycles. The predicted molar refractivity (Wildman–Crippen MR) is 228 cm³/mol. The molecule has 3 aliphatic rings. The van der Waals surface area contributed by atoms with Crippen LogP contribution in [0.15, 0.2) is 158 Å². The van der Waals surface area contributed by atoms with Gasteiger partial charge in [-0.1, -0.05) is 151 Å². The van der Waals surface area contributed by atoms with Crippen molar-refractivity contribution in [3.63, 3.8) is 0 Å². The Morgan fingerprint density at radius 3 is 1.25 bits per heavy atom. The number of hydrogen-bond donors (Lipinski definition) is 0. The summed E-state index contributed by atoms with van der Waals surface area (Å²) in [6.45, 7) is 14.1. The van der Waals surface area contributed by atoms with Gasteiger partial charge in [0.15, 0.2) is 8.07 Å². The number of rotatable bonds is 2. The fourth-order valence-corrected chi connectivity index (χ4v) is 15.0. The number of benzene rings is 7. The summed E-state index contributed by atoms with van der Waals surface area (Å²) >= 11 is 0. The average molecular weight is 701 g/mol. The maximum absolute atomic E-state index is 2.75. The molecule has 0 fully saturated rings. The highest BCUT2D eigenvalue weighted by Gasteiger charge is 2.54. The lowest BCUT2D eigenvalue weighted by molar-refractivity contribution is 0.590. The predicted octanol–water partition coefficient (Wildman–Crippen LogP) is 10.9. The Morgan fingerprint density at radius 1 is 0.340 bits per heavy atom. The zero-order chi connectivity index (χ0) is 36.3. The van der Waals surface area contributed by atoms with Crippen molar-refractivity contribution in [2.75, 3.05) is 9.80 Å². The molecule has 0 aromatic heterocycles. The van der Waals surface area contributed by atoms with Crippen LogP contribution in [0, 0.1) is 0 Å². The van der Waals surface area contributed by atoms with Crippen LogP contribution in [0.5, 0.6) is 0 Å². The van der Waals surface area contributed by atoms with E-state index in [0.717, 1.165) is 5.69 Å². The maximum Gasteiger partial charge on any atom is 0.182 e. The van der Waals surface area contributed by atoms with Gasteiger partial charge in [0.25, 0.3) is 0 Å². The van der Waals surface area contributed by atoms with Crippen LogP contribution in [0.25, 0.3) is 22.3 Å². The summed E-state index contributed by atoms with van der Waals surface area (Å²) < 4.78 is 0. The van der Waals surface area contributed by atoms with Crippen LogP contribution in [-0.4, -0.2) is 8.07 Å². The molecule has 0 atom stereocenters. The van der Waals surface area contributed by atoms with E-state index >= 15 is 0 Å². The van der Waals surface area contributed by atoms with E-state index in [0.29, 0.717) is 0 Å². The van der Waals surface area contributed by atoms with Gasteiger partial charge in [0, 0.05) is 11.4 Å². The molecule has 7 aromatic rings. The van der Waals surface area contributed by atoms with Crippen LogP contribution in [0.3, 0.4) is 0 Å². The van der Waals surface area contributed by atoms with Gasteiger partial charge in [-0.05, 0) is 113 Å². The summed E-state index contributed by atoms with van der Waals surface area (Å²) in [4.78, 5) is 4.91. The number of para-hydroxylation sites is 5. The van der Waals surface area contributed by atoms with Crippen LogP contribution in [0.4, 0.5) is 34.1 Å². The van der Waals surface area contributed by atoms with Gasteiger partial charge in [0.1, 0.15) is 0 Å². The van der Waals surface area contributed by atoms with E-state index < -0.39 is 8.07 Å². The minimum atomic E-state index is -2.75. The minimum absolute atomic E-state index is 0.0324. The van der Waals surface area contributed by atoms with Gasteiger partial charge >= 0.3 is 0 Å². The Labute approximate surface area is 315 Å². The van der Waals surface area contributed by atoms with Crippen LogP contribution < -0.4 is 30.5 Å². The fraction of sp³-hybridized carbons (Fsp3) is 0.160. The minimum Gasteiger partial charge on any atom is -0.306 e. The van der Waals surface area contributed by atoms with Crippen LogP contribution in [0.1, 0.15) is 52.7 Å². The Hall–Kier alpha value is -5.64. The fourth-order valence-electron chi connectivity index (χ4n) is 9.32. The molecule has 3 heteroatoms. The van der Waals surface area contributed by atoms with Crippen molar-refractivity contribution in [3.05, 3.63) is 169 Å². The number of fused-ring (bicyclic) bond motifs is 12. The molecule has 2 nitrogen and oxygen atoms in total. The van der Waals surface area contributed by atoms with E-state index in [1.54, 1.807) is 0 Å². The van der Waals surface area contributed by atoms with Crippen molar-refractivity contribution in [3.8, 4) is 22.3 Å². The van der Waals surface area contributed by atoms with Gasteiger partial charge < -0.3 is 9.80 Å². The lowest BCUT2D eigenvalue weighted by atomic mass is 9.85. The first kappa shape index (κ1) is 32.0. The largest absolute Gasteiger partial charge is 0.306 e. The molecule has 0 saturated carbocycles. The Kier molecular flexibility index (Phi) is 6.76. The summed E-state index contributed by atoms with van der Waals surface area (Å²) in [6.07, 6.45) is 0. The van der Waals surface area contributed by atoms with Gasteiger partial charge in [-0.3, -0.25) is 0 Å². The number of nitrogens with zero attached hydrogens (tertiary/aromatic N) is 2. The van der Waals surface area contributed by atoms with Crippen LogP contribution >= 0.6 is 0 Å². The van der Waals surface area contributed by atoms with Gasteiger partial charge in [0.2, 0.25) is 0 Å². The maximum atomic E-state index is 2.60. The van der Waals surface area contributed by atoms with Crippen molar-refractivity contribution in [1.82, 2.24) is 0 Å². The second-order valence-corrected chi connectivity index (χ2v) is 20.7. The van der Waals surface area contributed by atoms with Gasteiger partial charge in [-0.15, -0.1) is 0 Å². The Balaban J connectivity index is 1.28. The second kappa shape index (κ2) is 11.2. The number of hydrogen-bond acceptors (Lipinski definition) is 2. The van der Waals surface area contributed by atoms with E-state index in [-0.39, 0.29) is 10.8 Å². The third-order valence-corrected chi connectivity index (χ3v) is 16.8. The second-order valence-electron chi connectivity index (χ2n) is 17.0. The summed E-state index contributed by atoms with van der Waals surface area (Å²) in [5.74, 6) is 0. The van der Waals surface area contributed by atoms with Crippen molar-refractivity contribution < 1.29 is 0 Å². The summed E-state index contributed by atoms with van der Waals surface area (Å²) in [7, 11) is -2.75. The number of anilines is 6. The van der Waals surface area contributed by atoms with E-state index in [9.17, 15) is 0 Å². The highest BCUT2D eigenvalue weighted by atomic mass is 28.3. The third-order valence-electron chi connectivity index (χ3n) is 11.9. The first-order valence-electron chi connectivity index (χ1n) is 18.9.